The molecule has 6 nitrogen and oxygen atoms in total. The van der Waals surface area contributed by atoms with Crippen LogP contribution in [-0.4, -0.2) is 33.0 Å². The van der Waals surface area contributed by atoms with E-state index in [1.165, 1.54) is 4.90 Å². The zero-order chi connectivity index (χ0) is 11.5. The van der Waals surface area contributed by atoms with Gasteiger partial charge in [0.1, 0.15) is 5.82 Å². The van der Waals surface area contributed by atoms with E-state index in [0.29, 0.717) is 12.4 Å². The summed E-state index contributed by atoms with van der Waals surface area (Å²) in [5, 5.41) is 6.45. The molecule has 2 aromatic heterocycles. The maximum atomic E-state index is 11.8. The number of nitrogens with one attached hydrogen (secondary N) is 1. The van der Waals surface area contributed by atoms with Crippen molar-refractivity contribution in [3.05, 3.63) is 35.8 Å². The second kappa shape index (κ2) is 4.18. The Bertz CT molecular complexity index is 475. The van der Waals surface area contributed by atoms with Crippen molar-refractivity contribution in [2.45, 2.75) is 13.5 Å². The van der Waals surface area contributed by atoms with Gasteiger partial charge in [0.15, 0.2) is 0 Å². The molecule has 2 aromatic rings. The number of aromatic amines is 1. The molecule has 0 unspecified atom stereocenters. The van der Waals surface area contributed by atoms with Crippen molar-refractivity contribution in [2.75, 3.05) is 7.05 Å². The average molecular weight is 220 g/mol. The van der Waals surface area contributed by atoms with E-state index in [4.69, 9.17) is 4.42 Å². The molecule has 1 N–H and O–H groups in total. The highest BCUT2D eigenvalue weighted by molar-refractivity contribution is 5.90. The number of hydrogen-bond donors (Lipinski definition) is 1. The maximum Gasteiger partial charge on any atom is 0.293 e. The molecule has 0 aliphatic rings. The van der Waals surface area contributed by atoms with Crippen molar-refractivity contribution in [3.63, 3.8) is 0 Å². The van der Waals surface area contributed by atoms with Crippen LogP contribution in [0.5, 0.6) is 0 Å². The first-order valence-corrected chi connectivity index (χ1v) is 4.82. The Hall–Kier alpha value is -2.11. The van der Waals surface area contributed by atoms with Gasteiger partial charge in [-0.3, -0.25) is 9.89 Å². The van der Waals surface area contributed by atoms with Gasteiger partial charge in [0.2, 0.25) is 5.82 Å². The van der Waals surface area contributed by atoms with Crippen LogP contribution in [-0.2, 0) is 6.54 Å². The van der Waals surface area contributed by atoms with Crippen molar-refractivity contribution in [2.24, 2.45) is 0 Å². The van der Waals surface area contributed by atoms with Gasteiger partial charge in [-0.15, -0.1) is 5.10 Å². The fourth-order valence-corrected chi connectivity index (χ4v) is 1.34. The summed E-state index contributed by atoms with van der Waals surface area (Å²) in [4.78, 5) is 17.3. The minimum absolute atomic E-state index is 0.184. The van der Waals surface area contributed by atoms with E-state index >= 15 is 0 Å². The smallest absolute Gasteiger partial charge is 0.293 e. The van der Waals surface area contributed by atoms with Crippen LogP contribution in [0.4, 0.5) is 0 Å². The molecule has 84 valence electrons. The van der Waals surface area contributed by atoms with Gasteiger partial charge in [-0.2, -0.15) is 0 Å². The zero-order valence-corrected chi connectivity index (χ0v) is 9.10. The minimum Gasteiger partial charge on any atom is -0.472 e. The van der Waals surface area contributed by atoms with Gasteiger partial charge in [0.05, 0.1) is 12.5 Å². The third-order valence-corrected chi connectivity index (χ3v) is 2.14. The summed E-state index contributed by atoms with van der Waals surface area (Å²) in [5.41, 5.74) is 0.933. The van der Waals surface area contributed by atoms with Crippen LogP contribution in [0.15, 0.2) is 23.0 Å². The number of aromatic nitrogens is 3. The molecule has 0 bridgehead atoms. The predicted octanol–water partition coefficient (Wildman–Crippen LogP) is 0.978. The van der Waals surface area contributed by atoms with E-state index in [2.05, 4.69) is 15.2 Å². The van der Waals surface area contributed by atoms with Crippen molar-refractivity contribution in [3.8, 4) is 0 Å². The Morgan fingerprint density at radius 3 is 3.00 bits per heavy atom. The van der Waals surface area contributed by atoms with Gasteiger partial charge in [-0.25, -0.2) is 4.98 Å². The van der Waals surface area contributed by atoms with Crippen LogP contribution in [0.3, 0.4) is 0 Å². The Labute approximate surface area is 92.3 Å². The molecule has 0 spiro atoms. The summed E-state index contributed by atoms with van der Waals surface area (Å²) < 4.78 is 4.93. The third kappa shape index (κ3) is 2.10. The summed E-state index contributed by atoms with van der Waals surface area (Å²) in [6.07, 6.45) is 3.18. The average Bonchev–Trinajstić information content (AvgIpc) is 2.88. The Kier molecular flexibility index (Phi) is 2.72. The Morgan fingerprint density at radius 1 is 1.62 bits per heavy atom. The van der Waals surface area contributed by atoms with E-state index in [1.807, 2.05) is 6.07 Å². The van der Waals surface area contributed by atoms with Gasteiger partial charge in [0, 0.05) is 19.2 Å². The first-order valence-electron chi connectivity index (χ1n) is 4.82. The number of furan rings is 1. The number of carbonyl (C=O) groups is 1. The molecular weight excluding hydrogens is 208 g/mol. The first kappa shape index (κ1) is 10.4. The summed E-state index contributed by atoms with van der Waals surface area (Å²) in [5.74, 6) is 0.592. The highest BCUT2D eigenvalue weighted by Gasteiger charge is 2.16. The van der Waals surface area contributed by atoms with Crippen LogP contribution < -0.4 is 0 Å². The van der Waals surface area contributed by atoms with Crippen LogP contribution in [0, 0.1) is 6.92 Å². The molecule has 0 saturated heterocycles. The van der Waals surface area contributed by atoms with Gasteiger partial charge < -0.3 is 9.32 Å². The molecule has 2 heterocycles. The maximum absolute atomic E-state index is 11.8. The lowest BCUT2D eigenvalue weighted by Crippen LogP contribution is -2.27. The molecule has 0 aromatic carbocycles. The number of nitrogens with zero attached hydrogens (tertiary/aromatic N) is 3. The summed E-state index contributed by atoms with van der Waals surface area (Å²) in [6.45, 7) is 2.22. The van der Waals surface area contributed by atoms with E-state index in [-0.39, 0.29) is 11.7 Å². The fraction of sp³-hybridized carbons (Fsp3) is 0.300. The van der Waals surface area contributed by atoms with Gasteiger partial charge in [-0.1, -0.05) is 0 Å². The van der Waals surface area contributed by atoms with E-state index < -0.39 is 0 Å². The van der Waals surface area contributed by atoms with Crippen LogP contribution in [0.2, 0.25) is 0 Å². The van der Waals surface area contributed by atoms with Crippen LogP contribution in [0.1, 0.15) is 22.0 Å². The standard InChI is InChI=1S/C10H12N4O2/c1-7-11-9(13-12-7)10(15)14(2)5-8-3-4-16-6-8/h3-4,6H,5H2,1-2H3,(H,11,12,13). The topological polar surface area (TPSA) is 75.0 Å². The van der Waals surface area contributed by atoms with E-state index in [0.717, 1.165) is 5.56 Å². The van der Waals surface area contributed by atoms with Gasteiger partial charge in [0.25, 0.3) is 5.91 Å². The number of amides is 1. The summed E-state index contributed by atoms with van der Waals surface area (Å²) >= 11 is 0. The molecule has 0 atom stereocenters. The number of hydrogen-bond acceptors (Lipinski definition) is 4. The minimum atomic E-state index is -0.217. The molecule has 0 aliphatic carbocycles. The molecule has 0 fully saturated rings. The molecule has 6 heteroatoms. The Morgan fingerprint density at radius 2 is 2.44 bits per heavy atom. The number of H-pyrrole nitrogens is 1. The van der Waals surface area contributed by atoms with Crippen LogP contribution >= 0.6 is 0 Å². The van der Waals surface area contributed by atoms with E-state index in [9.17, 15) is 4.79 Å². The Balaban J connectivity index is 2.05. The largest absolute Gasteiger partial charge is 0.472 e. The number of rotatable bonds is 3. The molecule has 16 heavy (non-hydrogen) atoms. The summed E-state index contributed by atoms with van der Waals surface area (Å²) in [7, 11) is 1.70. The number of aryl methyl sites for hydroxylation is 1. The molecule has 0 aliphatic heterocycles. The summed E-state index contributed by atoms with van der Waals surface area (Å²) in [6, 6.07) is 1.81. The lowest BCUT2D eigenvalue weighted by atomic mass is 10.3. The predicted molar refractivity (Wildman–Crippen MR) is 55.6 cm³/mol. The molecule has 0 radical (unpaired) electrons. The van der Waals surface area contributed by atoms with Gasteiger partial charge in [-0.05, 0) is 13.0 Å². The third-order valence-electron chi connectivity index (χ3n) is 2.14. The zero-order valence-electron chi connectivity index (χ0n) is 9.10. The van der Waals surface area contributed by atoms with Crippen molar-refractivity contribution >= 4 is 5.91 Å². The van der Waals surface area contributed by atoms with Crippen molar-refractivity contribution in [1.82, 2.24) is 20.1 Å². The monoisotopic (exact) mass is 220 g/mol. The lowest BCUT2D eigenvalue weighted by Gasteiger charge is -2.13. The molecule has 0 saturated carbocycles. The van der Waals surface area contributed by atoms with Crippen molar-refractivity contribution < 1.29 is 9.21 Å². The lowest BCUT2D eigenvalue weighted by molar-refractivity contribution is 0.0773. The van der Waals surface area contributed by atoms with E-state index in [1.54, 1.807) is 26.5 Å². The molecular formula is C10H12N4O2. The normalized spacial score (nSPS) is 10.4. The second-order valence-electron chi connectivity index (χ2n) is 3.54. The fourth-order valence-electron chi connectivity index (χ4n) is 1.34. The highest BCUT2D eigenvalue weighted by atomic mass is 16.3. The molecule has 2 rings (SSSR count). The highest BCUT2D eigenvalue weighted by Crippen LogP contribution is 2.06. The van der Waals surface area contributed by atoms with Gasteiger partial charge >= 0.3 is 0 Å². The number of carbonyl (C=O) groups excluding carboxylic acids is 1. The SMILES string of the molecule is Cc1nc(C(=O)N(C)Cc2ccoc2)n[nH]1. The quantitative estimate of drug-likeness (QED) is 0.836. The molecule has 1 amide bonds. The van der Waals surface area contributed by atoms with Crippen molar-refractivity contribution in [1.29, 1.82) is 0 Å². The van der Waals surface area contributed by atoms with Crippen LogP contribution in [0.25, 0.3) is 0 Å². The second-order valence-corrected chi connectivity index (χ2v) is 3.54. The first-order chi connectivity index (χ1) is 7.66.